The molecule has 1 fully saturated rings. The van der Waals surface area contributed by atoms with Gasteiger partial charge in [-0.25, -0.2) is 0 Å². The summed E-state index contributed by atoms with van der Waals surface area (Å²) in [5, 5.41) is 6.32. The van der Waals surface area contributed by atoms with Gasteiger partial charge in [-0.15, -0.1) is 12.4 Å². The number of benzene rings is 2. The van der Waals surface area contributed by atoms with Gasteiger partial charge in [0.25, 0.3) is 5.91 Å². The molecular weight excluding hydrogens is 312 g/mol. The number of carbonyl (C=O) groups is 1. The van der Waals surface area contributed by atoms with E-state index in [1.165, 1.54) is 0 Å². The van der Waals surface area contributed by atoms with Gasteiger partial charge in [-0.2, -0.15) is 0 Å². The van der Waals surface area contributed by atoms with Crippen LogP contribution in [-0.2, 0) is 4.79 Å². The highest BCUT2D eigenvalue weighted by Gasteiger charge is 2.26. The molecule has 1 aliphatic heterocycles. The van der Waals surface area contributed by atoms with E-state index in [1.807, 2.05) is 60.7 Å². The fraction of sp³-hybridized carbons (Fsp3) is 0.278. The molecule has 0 saturated carbocycles. The lowest BCUT2D eigenvalue weighted by Gasteiger charge is -2.21. The minimum absolute atomic E-state index is 0. The molecule has 2 aromatic rings. The monoisotopic (exact) mass is 332 g/mol. The maximum absolute atomic E-state index is 12.6. The first-order chi connectivity index (χ1) is 10.8. The zero-order valence-corrected chi connectivity index (χ0v) is 13.6. The topological polar surface area (TPSA) is 50.4 Å². The van der Waals surface area contributed by atoms with Crippen molar-refractivity contribution in [1.82, 2.24) is 10.6 Å². The van der Waals surface area contributed by atoms with Crippen LogP contribution in [-0.4, -0.2) is 25.0 Å². The van der Waals surface area contributed by atoms with Gasteiger partial charge in [-0.1, -0.05) is 48.5 Å². The Balaban J connectivity index is 0.00000192. The SMILES string of the molecule is Cl.O=C(NC1CCNC1)C(Oc1ccccc1)c1ccccc1. The lowest BCUT2D eigenvalue weighted by Crippen LogP contribution is -2.40. The van der Waals surface area contributed by atoms with Crippen molar-refractivity contribution in [1.29, 1.82) is 0 Å². The van der Waals surface area contributed by atoms with Crippen molar-refractivity contribution >= 4 is 18.3 Å². The van der Waals surface area contributed by atoms with Crippen LogP contribution in [0.3, 0.4) is 0 Å². The fourth-order valence-electron chi connectivity index (χ4n) is 2.59. The predicted octanol–water partition coefficient (Wildman–Crippen LogP) is 2.71. The largest absolute Gasteiger partial charge is 0.476 e. The van der Waals surface area contributed by atoms with Gasteiger partial charge < -0.3 is 15.4 Å². The second kappa shape index (κ2) is 8.56. The number of nitrogens with one attached hydrogen (secondary N) is 2. The molecule has 2 atom stereocenters. The summed E-state index contributed by atoms with van der Waals surface area (Å²) < 4.78 is 5.94. The average molecular weight is 333 g/mol. The molecule has 2 unspecified atom stereocenters. The van der Waals surface area contributed by atoms with Crippen LogP contribution >= 0.6 is 12.4 Å². The molecule has 1 saturated heterocycles. The lowest BCUT2D eigenvalue weighted by molar-refractivity contribution is -0.128. The number of para-hydroxylation sites is 1. The first-order valence-electron chi connectivity index (χ1n) is 7.60. The van der Waals surface area contributed by atoms with E-state index < -0.39 is 6.10 Å². The van der Waals surface area contributed by atoms with Crippen molar-refractivity contribution in [3.8, 4) is 5.75 Å². The van der Waals surface area contributed by atoms with Crippen molar-refractivity contribution in [2.45, 2.75) is 18.6 Å². The second-order valence-electron chi connectivity index (χ2n) is 5.42. The lowest BCUT2D eigenvalue weighted by atomic mass is 10.1. The Hall–Kier alpha value is -2.04. The summed E-state index contributed by atoms with van der Waals surface area (Å²) in [4.78, 5) is 12.6. The standard InChI is InChI=1S/C18H20N2O2.ClH/c21-18(20-15-11-12-19-13-15)17(14-7-3-1-4-8-14)22-16-9-5-2-6-10-16;/h1-10,15,17,19H,11-13H2,(H,20,21);1H. The van der Waals surface area contributed by atoms with Crippen LogP contribution in [0.4, 0.5) is 0 Å². The number of hydrogen-bond acceptors (Lipinski definition) is 3. The highest BCUT2D eigenvalue weighted by Crippen LogP contribution is 2.22. The number of carbonyl (C=O) groups excluding carboxylic acids is 1. The van der Waals surface area contributed by atoms with Gasteiger partial charge in [0.1, 0.15) is 5.75 Å². The molecule has 2 aromatic carbocycles. The Kier molecular flexibility index (Phi) is 6.44. The van der Waals surface area contributed by atoms with Gasteiger partial charge in [0, 0.05) is 18.2 Å². The third-order valence-electron chi connectivity index (χ3n) is 3.74. The van der Waals surface area contributed by atoms with Gasteiger partial charge >= 0.3 is 0 Å². The Labute approximate surface area is 142 Å². The number of rotatable bonds is 5. The molecule has 0 spiro atoms. The molecule has 1 aliphatic rings. The van der Waals surface area contributed by atoms with Crippen molar-refractivity contribution in [3.63, 3.8) is 0 Å². The van der Waals surface area contributed by atoms with Crippen LogP contribution in [0.1, 0.15) is 18.1 Å². The van der Waals surface area contributed by atoms with E-state index in [0.717, 1.165) is 25.1 Å². The van der Waals surface area contributed by atoms with Gasteiger partial charge in [-0.3, -0.25) is 4.79 Å². The third kappa shape index (κ3) is 4.71. The van der Waals surface area contributed by atoms with Gasteiger partial charge in [0.15, 0.2) is 0 Å². The number of halogens is 1. The smallest absolute Gasteiger partial charge is 0.266 e. The maximum atomic E-state index is 12.6. The molecule has 122 valence electrons. The third-order valence-corrected chi connectivity index (χ3v) is 3.74. The highest BCUT2D eigenvalue weighted by molar-refractivity contribution is 5.85. The van der Waals surface area contributed by atoms with Crippen LogP contribution in [0, 0.1) is 0 Å². The number of amides is 1. The summed E-state index contributed by atoms with van der Waals surface area (Å²) in [6.45, 7) is 1.76. The summed E-state index contributed by atoms with van der Waals surface area (Å²) in [5.74, 6) is 0.597. The van der Waals surface area contributed by atoms with Crippen LogP contribution in [0.5, 0.6) is 5.75 Å². The van der Waals surface area contributed by atoms with E-state index in [9.17, 15) is 4.79 Å². The minimum Gasteiger partial charge on any atom is -0.476 e. The van der Waals surface area contributed by atoms with Crippen LogP contribution in [0.2, 0.25) is 0 Å². The van der Waals surface area contributed by atoms with E-state index in [1.54, 1.807) is 0 Å². The quantitative estimate of drug-likeness (QED) is 0.885. The van der Waals surface area contributed by atoms with E-state index in [4.69, 9.17) is 4.74 Å². The Bertz CT molecular complexity index is 601. The molecule has 23 heavy (non-hydrogen) atoms. The Morgan fingerprint density at radius 3 is 2.35 bits per heavy atom. The molecule has 0 radical (unpaired) electrons. The van der Waals surface area contributed by atoms with Crippen molar-refractivity contribution in [2.75, 3.05) is 13.1 Å². The van der Waals surface area contributed by atoms with Gasteiger partial charge in [-0.05, 0) is 25.1 Å². The summed E-state index contributed by atoms with van der Waals surface area (Å²) in [5.41, 5.74) is 0.856. The van der Waals surface area contributed by atoms with E-state index in [0.29, 0.717) is 5.75 Å². The van der Waals surface area contributed by atoms with Crippen molar-refractivity contribution < 1.29 is 9.53 Å². The van der Waals surface area contributed by atoms with Crippen LogP contribution in [0.15, 0.2) is 60.7 Å². The normalized spacial score (nSPS) is 17.8. The first-order valence-corrected chi connectivity index (χ1v) is 7.60. The highest BCUT2D eigenvalue weighted by atomic mass is 35.5. The Morgan fingerprint density at radius 1 is 1.09 bits per heavy atom. The van der Waals surface area contributed by atoms with E-state index >= 15 is 0 Å². The predicted molar refractivity (Wildman–Crippen MR) is 92.9 cm³/mol. The molecule has 0 bridgehead atoms. The zero-order valence-electron chi connectivity index (χ0n) is 12.8. The number of hydrogen-bond donors (Lipinski definition) is 2. The van der Waals surface area contributed by atoms with E-state index in [-0.39, 0.29) is 24.4 Å². The average Bonchev–Trinajstić information content (AvgIpc) is 3.07. The maximum Gasteiger partial charge on any atom is 0.266 e. The molecule has 1 heterocycles. The molecule has 4 nitrogen and oxygen atoms in total. The van der Waals surface area contributed by atoms with E-state index in [2.05, 4.69) is 10.6 Å². The summed E-state index contributed by atoms with van der Waals surface area (Å²) in [6.07, 6.45) is 0.322. The Morgan fingerprint density at radius 2 is 1.74 bits per heavy atom. The molecule has 1 amide bonds. The summed E-state index contributed by atoms with van der Waals surface area (Å²) in [6, 6.07) is 19.2. The number of ether oxygens (including phenoxy) is 1. The van der Waals surface area contributed by atoms with Gasteiger partial charge in [0.05, 0.1) is 0 Å². The van der Waals surface area contributed by atoms with Crippen LogP contribution in [0.25, 0.3) is 0 Å². The van der Waals surface area contributed by atoms with Crippen LogP contribution < -0.4 is 15.4 Å². The molecule has 0 aliphatic carbocycles. The van der Waals surface area contributed by atoms with Crippen molar-refractivity contribution in [2.24, 2.45) is 0 Å². The molecular formula is C18H21ClN2O2. The molecule has 5 heteroatoms. The zero-order chi connectivity index (χ0) is 15.2. The summed E-state index contributed by atoms with van der Waals surface area (Å²) >= 11 is 0. The second-order valence-corrected chi connectivity index (χ2v) is 5.42. The minimum atomic E-state index is -0.635. The molecule has 2 N–H and O–H groups in total. The molecule has 3 rings (SSSR count). The fourth-order valence-corrected chi connectivity index (χ4v) is 2.59. The summed E-state index contributed by atoms with van der Waals surface area (Å²) in [7, 11) is 0. The molecule has 0 aromatic heterocycles. The van der Waals surface area contributed by atoms with Crippen molar-refractivity contribution in [3.05, 3.63) is 66.2 Å². The first kappa shape index (κ1) is 17.3. The van der Waals surface area contributed by atoms with Gasteiger partial charge in [0.2, 0.25) is 6.10 Å².